The summed E-state index contributed by atoms with van der Waals surface area (Å²) >= 11 is 0. The maximum Gasteiger partial charge on any atom is 0.407 e. The van der Waals surface area contributed by atoms with E-state index in [1.807, 2.05) is 0 Å². The summed E-state index contributed by atoms with van der Waals surface area (Å²) in [5.74, 6) is -2.50. The highest BCUT2D eigenvalue weighted by molar-refractivity contribution is 5.85. The molecule has 0 heterocycles. The lowest BCUT2D eigenvalue weighted by molar-refractivity contribution is -0.149. The maximum absolute atomic E-state index is 13.0. The zero-order valence-electron chi connectivity index (χ0n) is 8.12. The Bertz CT molecular complexity index is 456. The van der Waals surface area contributed by atoms with Crippen LogP contribution in [-0.4, -0.2) is 11.3 Å². The smallest absolute Gasteiger partial charge is 0.407 e. The van der Waals surface area contributed by atoms with Crippen molar-refractivity contribution >= 4 is 12.4 Å². The molecule has 0 aromatic heterocycles. The highest BCUT2D eigenvalue weighted by atomic mass is 35.5. The summed E-state index contributed by atoms with van der Waals surface area (Å²) < 4.78 is 49.7. The molecule has 0 amide bonds. The average Bonchev–Trinajstić information content (AvgIpc) is 2.19. The fraction of sp³-hybridized carbons (Fsp3) is 0.222. The number of phenols is 1. The number of hydrogen-bond acceptors (Lipinski definition) is 3. The van der Waals surface area contributed by atoms with Gasteiger partial charge in [0.2, 0.25) is 0 Å². The Hall–Kier alpha value is -1.52. The second-order valence-corrected chi connectivity index (χ2v) is 3.03. The highest BCUT2D eigenvalue weighted by Gasteiger charge is 2.40. The van der Waals surface area contributed by atoms with E-state index in [0.29, 0.717) is 12.1 Å². The van der Waals surface area contributed by atoms with Gasteiger partial charge in [0.05, 0.1) is 11.6 Å². The van der Waals surface area contributed by atoms with Crippen molar-refractivity contribution in [2.45, 2.75) is 12.2 Å². The van der Waals surface area contributed by atoms with Gasteiger partial charge in [-0.15, -0.1) is 12.4 Å². The van der Waals surface area contributed by atoms with E-state index < -0.39 is 29.3 Å². The third-order valence-electron chi connectivity index (χ3n) is 1.91. The van der Waals surface area contributed by atoms with E-state index in [9.17, 15) is 17.6 Å². The predicted octanol–water partition coefficient (Wildman–Crippen LogP) is 2.39. The molecule has 17 heavy (non-hydrogen) atoms. The standard InChI is InChI=1S/C9H6F4N2O.ClH/c10-6-2-4(3-14)1-5(7(6)16)8(15)9(11,12)13;/h1-2,8,16H,15H2;1H/t8-;/m1./s1. The fourth-order valence-corrected chi connectivity index (χ4v) is 1.10. The van der Waals surface area contributed by atoms with Crippen molar-refractivity contribution in [3.8, 4) is 11.8 Å². The number of benzene rings is 1. The summed E-state index contributed by atoms with van der Waals surface area (Å²) in [6.07, 6.45) is -4.82. The Kier molecular flexibility index (Phi) is 4.74. The first kappa shape index (κ1) is 15.5. The number of rotatable bonds is 1. The van der Waals surface area contributed by atoms with Gasteiger partial charge < -0.3 is 10.8 Å². The first-order chi connectivity index (χ1) is 7.27. The topological polar surface area (TPSA) is 70.0 Å². The van der Waals surface area contributed by atoms with Crippen molar-refractivity contribution in [3.63, 3.8) is 0 Å². The quantitative estimate of drug-likeness (QED) is 0.770. The molecule has 0 unspecified atom stereocenters. The van der Waals surface area contributed by atoms with E-state index in [1.54, 1.807) is 0 Å². The average molecular weight is 271 g/mol. The van der Waals surface area contributed by atoms with Crippen LogP contribution in [-0.2, 0) is 0 Å². The van der Waals surface area contributed by atoms with Crippen molar-refractivity contribution in [1.29, 1.82) is 5.26 Å². The van der Waals surface area contributed by atoms with Crippen LogP contribution in [0.15, 0.2) is 12.1 Å². The van der Waals surface area contributed by atoms with Gasteiger partial charge in [0.15, 0.2) is 11.6 Å². The second-order valence-electron chi connectivity index (χ2n) is 3.03. The first-order valence-corrected chi connectivity index (χ1v) is 4.02. The van der Waals surface area contributed by atoms with Crippen molar-refractivity contribution < 1.29 is 22.7 Å². The molecule has 0 saturated heterocycles. The number of halogens is 5. The monoisotopic (exact) mass is 270 g/mol. The Morgan fingerprint density at radius 2 is 1.88 bits per heavy atom. The molecule has 1 aromatic rings. The third kappa shape index (κ3) is 3.22. The van der Waals surface area contributed by atoms with Gasteiger partial charge in [-0.2, -0.15) is 18.4 Å². The minimum atomic E-state index is -4.82. The SMILES string of the molecule is Cl.N#Cc1cc(F)c(O)c([C@@H](N)C(F)(F)F)c1. The van der Waals surface area contributed by atoms with Crippen molar-refractivity contribution in [2.75, 3.05) is 0 Å². The number of alkyl halides is 3. The van der Waals surface area contributed by atoms with E-state index >= 15 is 0 Å². The normalized spacial score (nSPS) is 12.5. The Labute approximate surface area is 99.9 Å². The lowest BCUT2D eigenvalue weighted by atomic mass is 10.0. The molecule has 3 nitrogen and oxygen atoms in total. The number of nitrogens with two attached hydrogens (primary N) is 1. The summed E-state index contributed by atoms with van der Waals surface area (Å²) in [6, 6.07) is 0.267. The molecule has 1 aromatic carbocycles. The van der Waals surface area contributed by atoms with Gasteiger partial charge in [-0.25, -0.2) is 4.39 Å². The van der Waals surface area contributed by atoms with Crippen LogP contribution in [0.1, 0.15) is 17.2 Å². The first-order valence-electron chi connectivity index (χ1n) is 4.02. The number of phenolic OH excluding ortho intramolecular Hbond substituents is 1. The Morgan fingerprint density at radius 3 is 2.29 bits per heavy atom. The van der Waals surface area contributed by atoms with Crippen LogP contribution >= 0.6 is 12.4 Å². The highest BCUT2D eigenvalue weighted by Crippen LogP contribution is 2.36. The summed E-state index contributed by atoms with van der Waals surface area (Å²) in [5, 5.41) is 17.5. The minimum absolute atomic E-state index is 0. The number of nitrogens with zero attached hydrogens (tertiary/aromatic N) is 1. The molecule has 0 bridgehead atoms. The number of nitriles is 1. The fourth-order valence-electron chi connectivity index (χ4n) is 1.10. The zero-order valence-corrected chi connectivity index (χ0v) is 8.94. The molecule has 1 rings (SSSR count). The molecule has 3 N–H and O–H groups in total. The van der Waals surface area contributed by atoms with Gasteiger partial charge in [-0.1, -0.05) is 0 Å². The van der Waals surface area contributed by atoms with E-state index in [-0.39, 0.29) is 18.0 Å². The lowest BCUT2D eigenvalue weighted by Gasteiger charge is -2.17. The van der Waals surface area contributed by atoms with E-state index in [1.165, 1.54) is 6.07 Å². The van der Waals surface area contributed by atoms with Gasteiger partial charge in [0.25, 0.3) is 0 Å². The number of hydrogen-bond donors (Lipinski definition) is 2. The number of aromatic hydroxyl groups is 1. The van der Waals surface area contributed by atoms with Crippen LogP contribution in [0, 0.1) is 17.1 Å². The molecule has 0 aliphatic carbocycles. The van der Waals surface area contributed by atoms with Gasteiger partial charge >= 0.3 is 6.18 Å². The molecule has 0 spiro atoms. The molecule has 0 radical (unpaired) electrons. The summed E-state index contributed by atoms with van der Waals surface area (Å²) in [6.45, 7) is 0. The predicted molar refractivity (Wildman–Crippen MR) is 53.0 cm³/mol. The van der Waals surface area contributed by atoms with Crippen LogP contribution in [0.5, 0.6) is 5.75 Å². The van der Waals surface area contributed by atoms with Crippen molar-refractivity contribution in [1.82, 2.24) is 0 Å². The van der Waals surface area contributed by atoms with Crippen molar-refractivity contribution in [2.24, 2.45) is 5.73 Å². The second kappa shape index (κ2) is 5.21. The van der Waals surface area contributed by atoms with Crippen LogP contribution in [0.2, 0.25) is 0 Å². The summed E-state index contributed by atoms with van der Waals surface area (Å²) in [7, 11) is 0. The van der Waals surface area contributed by atoms with Crippen LogP contribution in [0.4, 0.5) is 17.6 Å². The van der Waals surface area contributed by atoms with E-state index in [4.69, 9.17) is 16.1 Å². The molecule has 0 saturated carbocycles. The summed E-state index contributed by atoms with van der Waals surface area (Å²) in [5.41, 5.74) is 3.60. The molecule has 8 heteroatoms. The lowest BCUT2D eigenvalue weighted by Crippen LogP contribution is -2.28. The van der Waals surface area contributed by atoms with Gasteiger partial charge in [0.1, 0.15) is 6.04 Å². The molecule has 1 atom stereocenters. The Morgan fingerprint density at radius 1 is 1.35 bits per heavy atom. The Balaban J connectivity index is 0.00000256. The van der Waals surface area contributed by atoms with Crippen LogP contribution in [0.3, 0.4) is 0 Å². The third-order valence-corrected chi connectivity index (χ3v) is 1.91. The maximum atomic E-state index is 13.0. The molecular formula is C9H7ClF4N2O. The molecule has 0 fully saturated rings. The minimum Gasteiger partial charge on any atom is -0.505 e. The van der Waals surface area contributed by atoms with Crippen LogP contribution < -0.4 is 5.73 Å². The van der Waals surface area contributed by atoms with Gasteiger partial charge in [-0.3, -0.25) is 0 Å². The summed E-state index contributed by atoms with van der Waals surface area (Å²) in [4.78, 5) is 0. The zero-order chi connectivity index (χ0) is 12.5. The van der Waals surface area contributed by atoms with Crippen LogP contribution in [0.25, 0.3) is 0 Å². The largest absolute Gasteiger partial charge is 0.505 e. The van der Waals surface area contributed by atoms with E-state index in [2.05, 4.69) is 0 Å². The van der Waals surface area contributed by atoms with Gasteiger partial charge in [-0.05, 0) is 12.1 Å². The molecule has 94 valence electrons. The van der Waals surface area contributed by atoms with Gasteiger partial charge in [0, 0.05) is 5.56 Å². The van der Waals surface area contributed by atoms with E-state index in [0.717, 1.165) is 0 Å². The van der Waals surface area contributed by atoms with Crippen molar-refractivity contribution in [3.05, 3.63) is 29.1 Å². The molecule has 0 aliphatic rings. The molecule has 0 aliphatic heterocycles. The molecular weight excluding hydrogens is 264 g/mol.